The number of likely N-dealkylation sites (N-methyl/N-ethyl adjacent to an activating group) is 1. The largest absolute Gasteiger partial charge is 0.756 e. The van der Waals surface area contributed by atoms with Crippen LogP contribution in [-0.4, -0.2) is 68.5 Å². The molecule has 8 nitrogen and oxygen atoms in total. The zero-order valence-electron chi connectivity index (χ0n) is 43.0. The summed E-state index contributed by atoms with van der Waals surface area (Å²) in [6, 6.07) is -0.907. The molecule has 3 unspecified atom stereocenters. The van der Waals surface area contributed by atoms with Crippen LogP contribution < -0.4 is 10.2 Å². The summed E-state index contributed by atoms with van der Waals surface area (Å²) in [6.45, 7) is 4.65. The van der Waals surface area contributed by atoms with Crippen LogP contribution in [0.15, 0.2) is 36.5 Å². The molecule has 3 atom stereocenters. The number of aliphatic hydroxyl groups is 1. The first kappa shape index (κ1) is 62.7. The van der Waals surface area contributed by atoms with Crippen molar-refractivity contribution in [3.05, 3.63) is 36.5 Å². The zero-order chi connectivity index (χ0) is 47.1. The molecule has 0 aliphatic carbocycles. The lowest BCUT2D eigenvalue weighted by Crippen LogP contribution is -2.45. The van der Waals surface area contributed by atoms with E-state index in [2.05, 4.69) is 43.5 Å². The van der Waals surface area contributed by atoms with Crippen LogP contribution in [0.4, 0.5) is 0 Å². The number of aliphatic hydroxyl groups excluding tert-OH is 1. The summed E-state index contributed by atoms with van der Waals surface area (Å²) >= 11 is 0. The summed E-state index contributed by atoms with van der Waals surface area (Å²) in [5.74, 6) is -0.207. The molecule has 0 rings (SSSR count). The van der Waals surface area contributed by atoms with Crippen molar-refractivity contribution < 1.29 is 32.9 Å². The van der Waals surface area contributed by atoms with Gasteiger partial charge in [-0.2, -0.15) is 0 Å². The Morgan fingerprint density at radius 2 is 0.875 bits per heavy atom. The van der Waals surface area contributed by atoms with E-state index in [-0.39, 0.29) is 12.5 Å². The van der Waals surface area contributed by atoms with E-state index in [9.17, 15) is 19.4 Å². The van der Waals surface area contributed by atoms with E-state index in [4.69, 9.17) is 9.05 Å². The molecular formula is C55H107N2O6P. The maximum absolute atomic E-state index is 12.9. The lowest BCUT2D eigenvalue weighted by molar-refractivity contribution is -0.870. The Morgan fingerprint density at radius 1 is 0.531 bits per heavy atom. The highest BCUT2D eigenvalue weighted by atomic mass is 31.2. The van der Waals surface area contributed by atoms with Gasteiger partial charge in [0.15, 0.2) is 0 Å². The van der Waals surface area contributed by atoms with Gasteiger partial charge in [-0.15, -0.1) is 0 Å². The van der Waals surface area contributed by atoms with Crippen LogP contribution in [0.3, 0.4) is 0 Å². The van der Waals surface area contributed by atoms with Crippen molar-refractivity contribution in [3.8, 4) is 0 Å². The summed E-state index contributed by atoms with van der Waals surface area (Å²) in [6.07, 6.45) is 59.3. The predicted octanol–water partition coefficient (Wildman–Crippen LogP) is 15.6. The van der Waals surface area contributed by atoms with Crippen molar-refractivity contribution >= 4 is 13.7 Å². The van der Waals surface area contributed by atoms with Gasteiger partial charge < -0.3 is 28.8 Å². The van der Waals surface area contributed by atoms with Gasteiger partial charge in [-0.1, -0.05) is 243 Å². The molecule has 0 fully saturated rings. The summed E-state index contributed by atoms with van der Waals surface area (Å²) in [7, 11) is 1.24. The standard InChI is InChI=1S/C55H107N2O6P/c1-6-8-10-12-14-16-18-20-22-24-26-27-28-29-31-32-34-36-38-40-42-44-46-48-54(58)53(52-63-64(60,61)62-51-50-57(3,4)5)56-55(59)49-47-45-43-41-39-37-35-33-30-25-23-21-19-17-15-13-11-9-7-2/h31-32,38,40,46,48,53-54,58H,6-30,33-37,39,41-45,47,49-52H2,1-5H3,(H-,56,59,60,61)/b32-31+,40-38+,48-46+. The van der Waals surface area contributed by atoms with E-state index in [1.807, 2.05) is 27.2 Å². The third kappa shape index (κ3) is 48.6. The molecule has 0 aromatic carbocycles. The quantitative estimate of drug-likeness (QED) is 0.0272. The summed E-state index contributed by atoms with van der Waals surface area (Å²) in [5.41, 5.74) is 0. The van der Waals surface area contributed by atoms with E-state index < -0.39 is 26.6 Å². The van der Waals surface area contributed by atoms with E-state index in [0.29, 0.717) is 17.4 Å². The molecule has 0 bridgehead atoms. The highest BCUT2D eigenvalue weighted by Crippen LogP contribution is 2.38. The normalized spacial score (nSPS) is 14.3. The molecule has 0 aromatic heterocycles. The first-order valence-corrected chi connectivity index (χ1v) is 28.8. The number of phosphoric acid groups is 1. The number of allylic oxidation sites excluding steroid dienone is 5. The Morgan fingerprint density at radius 3 is 1.27 bits per heavy atom. The topological polar surface area (TPSA) is 108 Å². The van der Waals surface area contributed by atoms with Gasteiger partial charge in [0, 0.05) is 6.42 Å². The van der Waals surface area contributed by atoms with Gasteiger partial charge in [0.05, 0.1) is 39.9 Å². The highest BCUT2D eigenvalue weighted by Gasteiger charge is 2.23. The molecule has 0 saturated heterocycles. The first-order valence-electron chi connectivity index (χ1n) is 27.4. The van der Waals surface area contributed by atoms with Crippen molar-refractivity contribution in [2.75, 3.05) is 40.9 Å². The minimum atomic E-state index is -4.60. The highest BCUT2D eigenvalue weighted by molar-refractivity contribution is 7.45. The van der Waals surface area contributed by atoms with Crippen LogP contribution in [0.1, 0.15) is 258 Å². The fourth-order valence-corrected chi connectivity index (χ4v) is 8.73. The Balaban J connectivity index is 4.32. The van der Waals surface area contributed by atoms with Crippen molar-refractivity contribution in [2.24, 2.45) is 0 Å². The van der Waals surface area contributed by atoms with Gasteiger partial charge in [0.25, 0.3) is 7.82 Å². The number of quaternary nitrogens is 1. The fourth-order valence-electron chi connectivity index (χ4n) is 8.01. The van der Waals surface area contributed by atoms with Crippen LogP contribution in [-0.2, 0) is 18.4 Å². The van der Waals surface area contributed by atoms with E-state index >= 15 is 0 Å². The first-order chi connectivity index (χ1) is 31.0. The van der Waals surface area contributed by atoms with Gasteiger partial charge in [0.1, 0.15) is 13.2 Å². The molecule has 0 aliphatic heterocycles. The number of hydrogen-bond acceptors (Lipinski definition) is 6. The lowest BCUT2D eigenvalue weighted by Gasteiger charge is -2.29. The van der Waals surface area contributed by atoms with Gasteiger partial charge in [-0.25, -0.2) is 0 Å². The zero-order valence-corrected chi connectivity index (χ0v) is 43.9. The molecule has 0 saturated carbocycles. The van der Waals surface area contributed by atoms with Crippen LogP contribution in [0.25, 0.3) is 0 Å². The molecule has 64 heavy (non-hydrogen) atoms. The van der Waals surface area contributed by atoms with Crippen LogP contribution in [0.5, 0.6) is 0 Å². The number of nitrogens with one attached hydrogen (secondary N) is 1. The van der Waals surface area contributed by atoms with Crippen molar-refractivity contribution in [3.63, 3.8) is 0 Å². The molecule has 0 spiro atoms. The third-order valence-electron chi connectivity index (χ3n) is 12.3. The maximum atomic E-state index is 12.9. The Kier molecular flexibility index (Phi) is 45.9. The number of nitrogens with zero attached hydrogens (tertiary/aromatic N) is 1. The molecule has 1 amide bonds. The Hall–Kier alpha value is -1.28. The number of amides is 1. The molecule has 378 valence electrons. The second kappa shape index (κ2) is 46.8. The lowest BCUT2D eigenvalue weighted by atomic mass is 10.0. The Labute approximate surface area is 397 Å². The SMILES string of the molecule is CCCCCCCCCCCCCCC/C=C/CC/C=C/CC/C=C/C(O)C(COP(=O)([O-])OCC[N+](C)(C)C)NC(=O)CCCCCCCCCCCCCCCCCCCCC. The van der Waals surface area contributed by atoms with Crippen LogP contribution >= 0.6 is 7.82 Å². The van der Waals surface area contributed by atoms with Crippen LogP contribution in [0.2, 0.25) is 0 Å². The smallest absolute Gasteiger partial charge is 0.268 e. The number of hydrogen-bond donors (Lipinski definition) is 2. The van der Waals surface area contributed by atoms with Gasteiger partial charge in [0.2, 0.25) is 5.91 Å². The molecule has 2 N–H and O–H groups in total. The van der Waals surface area contributed by atoms with Gasteiger partial charge in [-0.3, -0.25) is 9.36 Å². The molecule has 0 aromatic rings. The average molecular weight is 923 g/mol. The van der Waals surface area contributed by atoms with E-state index in [1.165, 1.54) is 193 Å². The molecule has 0 radical (unpaired) electrons. The summed E-state index contributed by atoms with van der Waals surface area (Å²) in [5, 5.41) is 13.8. The number of carbonyl (C=O) groups excluding carboxylic acids is 1. The second-order valence-corrected chi connectivity index (χ2v) is 21.3. The van der Waals surface area contributed by atoms with Gasteiger partial charge >= 0.3 is 0 Å². The Bertz CT molecular complexity index is 1140. The van der Waals surface area contributed by atoms with Crippen molar-refractivity contribution in [1.82, 2.24) is 5.32 Å². The fraction of sp³-hybridized carbons (Fsp3) is 0.873. The van der Waals surface area contributed by atoms with Crippen molar-refractivity contribution in [2.45, 2.75) is 270 Å². The number of phosphoric ester groups is 1. The summed E-state index contributed by atoms with van der Waals surface area (Å²) in [4.78, 5) is 25.4. The number of rotatable bonds is 50. The van der Waals surface area contributed by atoms with Crippen LogP contribution in [0, 0.1) is 0 Å². The predicted molar refractivity (Wildman–Crippen MR) is 275 cm³/mol. The monoisotopic (exact) mass is 923 g/mol. The van der Waals surface area contributed by atoms with E-state index in [1.54, 1.807) is 6.08 Å². The van der Waals surface area contributed by atoms with E-state index in [0.717, 1.165) is 44.9 Å². The van der Waals surface area contributed by atoms with Crippen molar-refractivity contribution in [1.29, 1.82) is 0 Å². The number of unbranched alkanes of at least 4 members (excludes halogenated alkanes) is 33. The maximum Gasteiger partial charge on any atom is 0.268 e. The minimum absolute atomic E-state index is 0.00747. The summed E-state index contributed by atoms with van der Waals surface area (Å²) < 4.78 is 23.3. The average Bonchev–Trinajstić information content (AvgIpc) is 3.25. The minimum Gasteiger partial charge on any atom is -0.756 e. The molecular weight excluding hydrogens is 816 g/mol. The molecule has 0 aliphatic rings. The molecule has 0 heterocycles. The second-order valence-electron chi connectivity index (χ2n) is 19.9. The number of carbonyl (C=O) groups is 1. The van der Waals surface area contributed by atoms with Gasteiger partial charge in [-0.05, 0) is 44.9 Å². The molecule has 9 heteroatoms. The third-order valence-corrected chi connectivity index (χ3v) is 13.3.